The molecular formula is C15H14N4O4S. The maximum absolute atomic E-state index is 12.2. The van der Waals surface area contributed by atoms with Gasteiger partial charge < -0.3 is 4.42 Å². The van der Waals surface area contributed by atoms with Crippen molar-refractivity contribution in [3.8, 4) is 0 Å². The number of carbonyl (C=O) groups excluding carboxylic acids is 1. The molecule has 2 N–H and O–H groups in total. The third-order valence-electron chi connectivity index (χ3n) is 3.10. The zero-order valence-electron chi connectivity index (χ0n) is 12.9. The Labute approximate surface area is 138 Å². The summed E-state index contributed by atoms with van der Waals surface area (Å²) in [5.41, 5.74) is 1.71. The summed E-state index contributed by atoms with van der Waals surface area (Å²) in [6.45, 7) is 3.48. The summed E-state index contributed by atoms with van der Waals surface area (Å²) in [5, 5.41) is 2.56. The molecule has 2 heterocycles. The molecule has 0 aliphatic rings. The molecule has 0 unspecified atom stereocenters. The second-order valence-corrected chi connectivity index (χ2v) is 6.75. The van der Waals surface area contributed by atoms with Gasteiger partial charge in [0.15, 0.2) is 0 Å². The van der Waals surface area contributed by atoms with Gasteiger partial charge in [0.25, 0.3) is 10.0 Å². The minimum absolute atomic E-state index is 0.0183. The van der Waals surface area contributed by atoms with Crippen LogP contribution in [0.3, 0.4) is 0 Å². The number of nitrogens with one attached hydrogen (secondary N) is 2. The molecule has 0 saturated carbocycles. The summed E-state index contributed by atoms with van der Waals surface area (Å²) in [6, 6.07) is 8.93. The van der Waals surface area contributed by atoms with E-state index in [4.69, 9.17) is 4.42 Å². The van der Waals surface area contributed by atoms with Crippen molar-refractivity contribution in [1.29, 1.82) is 0 Å². The highest BCUT2D eigenvalue weighted by Gasteiger charge is 2.22. The summed E-state index contributed by atoms with van der Waals surface area (Å²) in [7, 11) is -4.15. The van der Waals surface area contributed by atoms with Gasteiger partial charge in [-0.05, 0) is 26.0 Å². The Hall–Kier alpha value is -2.94. The van der Waals surface area contributed by atoms with Crippen LogP contribution in [-0.2, 0) is 10.0 Å². The van der Waals surface area contributed by atoms with Crippen LogP contribution in [0.15, 0.2) is 45.9 Å². The van der Waals surface area contributed by atoms with Gasteiger partial charge in [-0.3, -0.25) is 5.32 Å². The monoisotopic (exact) mass is 346 g/mol. The number of anilines is 1. The fourth-order valence-electron chi connectivity index (χ4n) is 2.17. The zero-order valence-corrected chi connectivity index (χ0v) is 13.7. The average molecular weight is 346 g/mol. The molecule has 0 saturated heterocycles. The number of benzene rings is 1. The molecule has 0 spiro atoms. The molecule has 8 nitrogen and oxygen atoms in total. The van der Waals surface area contributed by atoms with Crippen molar-refractivity contribution < 1.29 is 17.6 Å². The second kappa shape index (κ2) is 5.93. The third kappa shape index (κ3) is 3.35. The number of carbonyl (C=O) groups is 1. The molecule has 0 atom stereocenters. The summed E-state index contributed by atoms with van der Waals surface area (Å²) < 4.78 is 31.6. The van der Waals surface area contributed by atoms with Crippen LogP contribution in [0.5, 0.6) is 0 Å². The molecule has 124 valence electrons. The molecule has 1 aromatic carbocycles. The van der Waals surface area contributed by atoms with E-state index >= 15 is 0 Å². The van der Waals surface area contributed by atoms with E-state index in [2.05, 4.69) is 15.3 Å². The first-order chi connectivity index (χ1) is 11.3. The second-order valence-electron chi connectivity index (χ2n) is 5.14. The molecule has 9 heteroatoms. The van der Waals surface area contributed by atoms with E-state index in [1.165, 1.54) is 6.07 Å². The molecule has 0 aliphatic carbocycles. The molecule has 3 aromatic rings. The van der Waals surface area contributed by atoms with Gasteiger partial charge in [-0.25, -0.2) is 19.5 Å². The number of aromatic nitrogens is 2. The Bertz CT molecular complexity index is 974. The van der Waals surface area contributed by atoms with E-state index in [1.54, 1.807) is 44.2 Å². The summed E-state index contributed by atoms with van der Waals surface area (Å²) in [4.78, 5) is 19.9. The van der Waals surface area contributed by atoms with E-state index in [1.807, 2.05) is 4.72 Å². The molecule has 0 aliphatic heterocycles. The Morgan fingerprint density at radius 1 is 1.08 bits per heavy atom. The lowest BCUT2D eigenvalue weighted by atomic mass is 10.3. The van der Waals surface area contributed by atoms with Gasteiger partial charge in [-0.2, -0.15) is 8.42 Å². The van der Waals surface area contributed by atoms with Crippen LogP contribution in [-0.4, -0.2) is 24.4 Å². The molecule has 0 fully saturated rings. The van der Waals surface area contributed by atoms with Crippen LogP contribution in [0.2, 0.25) is 0 Å². The van der Waals surface area contributed by atoms with Gasteiger partial charge >= 0.3 is 6.03 Å². The van der Waals surface area contributed by atoms with Crippen LogP contribution in [0.4, 0.5) is 10.7 Å². The number of furan rings is 1. The van der Waals surface area contributed by atoms with Gasteiger partial charge in [0, 0.05) is 22.8 Å². The van der Waals surface area contributed by atoms with Crippen molar-refractivity contribution in [3.05, 3.63) is 47.8 Å². The van der Waals surface area contributed by atoms with Gasteiger partial charge in [0.2, 0.25) is 11.0 Å². The Morgan fingerprint density at radius 3 is 2.42 bits per heavy atom. The van der Waals surface area contributed by atoms with Crippen molar-refractivity contribution in [2.45, 2.75) is 18.9 Å². The molecular weight excluding hydrogens is 332 g/mol. The lowest BCUT2D eigenvalue weighted by molar-refractivity contribution is 0.256. The SMILES string of the molecule is Cc1cc(C)nc(NC(=O)NS(=O)(=O)c2cc3ccccc3o2)n1. The quantitative estimate of drug-likeness (QED) is 0.752. The van der Waals surface area contributed by atoms with E-state index in [0.717, 1.165) is 0 Å². The number of sulfonamides is 1. The van der Waals surface area contributed by atoms with Gasteiger partial charge in [-0.1, -0.05) is 18.2 Å². The summed E-state index contributed by atoms with van der Waals surface area (Å²) in [5.74, 6) is 0.0183. The first-order valence-corrected chi connectivity index (χ1v) is 8.46. The lowest BCUT2D eigenvalue weighted by Crippen LogP contribution is -2.34. The van der Waals surface area contributed by atoms with E-state index in [0.29, 0.717) is 22.4 Å². The first kappa shape index (κ1) is 15.9. The standard InChI is InChI=1S/C15H14N4O4S/c1-9-7-10(2)17-14(16-9)18-15(20)19-24(21,22)13-8-11-5-3-4-6-12(11)23-13/h3-8H,1-2H3,(H2,16,17,18,19,20). The molecule has 24 heavy (non-hydrogen) atoms. The van der Waals surface area contributed by atoms with Crippen LogP contribution in [0.25, 0.3) is 11.0 Å². The van der Waals surface area contributed by atoms with Crippen molar-refractivity contribution in [3.63, 3.8) is 0 Å². The Balaban J connectivity index is 1.79. The molecule has 0 radical (unpaired) electrons. The van der Waals surface area contributed by atoms with Gasteiger partial charge in [0.05, 0.1) is 0 Å². The number of nitrogens with zero attached hydrogens (tertiary/aromatic N) is 2. The predicted octanol–water partition coefficient (Wildman–Crippen LogP) is 2.35. The lowest BCUT2D eigenvalue weighted by Gasteiger charge is -2.07. The number of para-hydroxylation sites is 1. The van der Waals surface area contributed by atoms with Crippen molar-refractivity contribution in [2.75, 3.05) is 5.32 Å². The number of rotatable bonds is 3. The highest BCUT2D eigenvalue weighted by atomic mass is 32.2. The predicted molar refractivity (Wildman–Crippen MR) is 87.1 cm³/mol. The highest BCUT2D eigenvalue weighted by Crippen LogP contribution is 2.22. The first-order valence-electron chi connectivity index (χ1n) is 6.98. The zero-order chi connectivity index (χ0) is 17.3. The van der Waals surface area contributed by atoms with Crippen molar-refractivity contribution >= 4 is 33.0 Å². The van der Waals surface area contributed by atoms with Gasteiger partial charge in [-0.15, -0.1) is 0 Å². The Kier molecular flexibility index (Phi) is 3.94. The smallest absolute Gasteiger partial charge is 0.335 e. The van der Waals surface area contributed by atoms with E-state index in [9.17, 15) is 13.2 Å². The van der Waals surface area contributed by atoms with Gasteiger partial charge in [0.1, 0.15) is 5.58 Å². The number of hydrogen-bond donors (Lipinski definition) is 2. The normalized spacial score (nSPS) is 11.4. The van der Waals surface area contributed by atoms with E-state index < -0.39 is 16.1 Å². The fourth-order valence-corrected chi connectivity index (χ4v) is 3.05. The minimum atomic E-state index is -4.15. The van der Waals surface area contributed by atoms with Crippen molar-refractivity contribution in [2.24, 2.45) is 0 Å². The van der Waals surface area contributed by atoms with Crippen LogP contribution in [0, 0.1) is 13.8 Å². The van der Waals surface area contributed by atoms with Crippen LogP contribution in [0.1, 0.15) is 11.4 Å². The number of fused-ring (bicyclic) bond motifs is 1. The third-order valence-corrected chi connectivity index (χ3v) is 4.29. The average Bonchev–Trinajstić information content (AvgIpc) is 2.90. The maximum Gasteiger partial charge on any atom is 0.335 e. The molecule has 0 bridgehead atoms. The maximum atomic E-state index is 12.2. The van der Waals surface area contributed by atoms with Crippen LogP contribution >= 0.6 is 0 Å². The molecule has 2 aromatic heterocycles. The highest BCUT2D eigenvalue weighted by molar-refractivity contribution is 7.90. The minimum Gasteiger partial charge on any atom is -0.443 e. The van der Waals surface area contributed by atoms with Crippen molar-refractivity contribution in [1.82, 2.24) is 14.7 Å². The topological polar surface area (TPSA) is 114 Å². The number of urea groups is 1. The molecule has 2 amide bonds. The summed E-state index contributed by atoms with van der Waals surface area (Å²) >= 11 is 0. The van der Waals surface area contributed by atoms with E-state index in [-0.39, 0.29) is 11.0 Å². The summed E-state index contributed by atoms with van der Waals surface area (Å²) in [6.07, 6.45) is 0. The Morgan fingerprint density at radius 2 is 1.75 bits per heavy atom. The number of aryl methyl sites for hydroxylation is 2. The number of hydrogen-bond acceptors (Lipinski definition) is 6. The number of amides is 2. The molecule has 3 rings (SSSR count). The fraction of sp³-hybridized carbons (Fsp3) is 0.133. The largest absolute Gasteiger partial charge is 0.443 e. The van der Waals surface area contributed by atoms with Crippen LogP contribution < -0.4 is 10.0 Å².